The number of hydrogen-bond donors (Lipinski definition) is 1. The highest BCUT2D eigenvalue weighted by molar-refractivity contribution is 8.14. The van der Waals surface area contributed by atoms with Crippen LogP contribution in [0.3, 0.4) is 0 Å². The maximum Gasteiger partial charge on any atom is 0.234 e. The lowest BCUT2D eigenvalue weighted by atomic mass is 10.1. The quantitative estimate of drug-likeness (QED) is 0.534. The predicted molar refractivity (Wildman–Crippen MR) is 131 cm³/mol. The molecule has 0 bridgehead atoms. The lowest BCUT2D eigenvalue weighted by Crippen LogP contribution is -2.16. The van der Waals surface area contributed by atoms with Gasteiger partial charge in [0.25, 0.3) is 0 Å². The second-order valence-electron chi connectivity index (χ2n) is 7.02. The number of amides is 1. The van der Waals surface area contributed by atoms with Crippen molar-refractivity contribution >= 4 is 45.5 Å². The first-order chi connectivity index (χ1) is 15.6. The van der Waals surface area contributed by atoms with Gasteiger partial charge in [-0.1, -0.05) is 12.1 Å². The van der Waals surface area contributed by atoms with Gasteiger partial charge in [-0.05, 0) is 66.2 Å². The Morgan fingerprint density at radius 3 is 2.09 bits per heavy atom. The number of nitrogens with zero attached hydrogens (tertiary/aromatic N) is 2. The Morgan fingerprint density at radius 1 is 0.875 bits per heavy atom. The van der Waals surface area contributed by atoms with Crippen molar-refractivity contribution in [3.05, 3.63) is 78.4 Å². The minimum atomic E-state index is -0.0941. The third kappa shape index (κ3) is 5.36. The van der Waals surface area contributed by atoms with Crippen molar-refractivity contribution in [1.29, 1.82) is 0 Å². The molecule has 1 aliphatic heterocycles. The number of methoxy groups -OCH3 is 2. The maximum absolute atomic E-state index is 12.5. The van der Waals surface area contributed by atoms with Crippen LogP contribution >= 0.6 is 11.8 Å². The van der Waals surface area contributed by atoms with E-state index in [2.05, 4.69) is 5.32 Å². The second kappa shape index (κ2) is 10.2. The molecule has 1 heterocycles. The molecule has 162 valence electrons. The molecular formula is C25H23N3O3S. The molecule has 3 aromatic rings. The van der Waals surface area contributed by atoms with Crippen molar-refractivity contribution in [2.45, 2.75) is 6.42 Å². The average molecular weight is 446 g/mol. The number of carbonyl (C=O) groups is 1. The number of carbonyl (C=O) groups excluding carboxylic acids is 1. The summed E-state index contributed by atoms with van der Waals surface area (Å²) in [6.07, 6.45) is 0.543. The van der Waals surface area contributed by atoms with Crippen LogP contribution in [-0.4, -0.2) is 36.6 Å². The summed E-state index contributed by atoms with van der Waals surface area (Å²) in [5, 5.41) is 3.75. The van der Waals surface area contributed by atoms with E-state index in [-0.39, 0.29) is 11.7 Å². The zero-order valence-corrected chi connectivity index (χ0v) is 18.7. The summed E-state index contributed by atoms with van der Waals surface area (Å²) in [5.74, 6) is 1.70. The molecule has 1 N–H and O–H groups in total. The topological polar surface area (TPSA) is 72.3 Å². The first-order valence-corrected chi connectivity index (χ1v) is 11.1. The van der Waals surface area contributed by atoms with Gasteiger partial charge in [0.1, 0.15) is 11.5 Å². The minimum absolute atomic E-state index is 0.0941. The minimum Gasteiger partial charge on any atom is -0.497 e. The third-order valence-corrected chi connectivity index (χ3v) is 5.84. The van der Waals surface area contributed by atoms with Crippen LogP contribution in [0.1, 0.15) is 12.0 Å². The van der Waals surface area contributed by atoms with Crippen LogP contribution in [0.5, 0.6) is 11.5 Å². The zero-order valence-electron chi connectivity index (χ0n) is 17.9. The number of benzene rings is 3. The summed E-state index contributed by atoms with van der Waals surface area (Å²) in [6, 6.07) is 22.8. The van der Waals surface area contributed by atoms with E-state index < -0.39 is 0 Å². The normalized spacial score (nSPS) is 12.7. The Bertz CT molecular complexity index is 1160. The predicted octanol–water partition coefficient (Wildman–Crippen LogP) is 5.63. The van der Waals surface area contributed by atoms with Crippen molar-refractivity contribution < 1.29 is 14.3 Å². The van der Waals surface area contributed by atoms with Crippen LogP contribution in [0, 0.1) is 0 Å². The lowest BCUT2D eigenvalue weighted by molar-refractivity contribution is -0.113. The molecule has 7 heteroatoms. The molecule has 0 saturated heterocycles. The van der Waals surface area contributed by atoms with Gasteiger partial charge in [0.05, 0.1) is 42.1 Å². The van der Waals surface area contributed by atoms with E-state index in [9.17, 15) is 4.79 Å². The highest BCUT2D eigenvalue weighted by atomic mass is 32.2. The first kappa shape index (κ1) is 21.6. The number of anilines is 1. The molecular weight excluding hydrogens is 422 g/mol. The van der Waals surface area contributed by atoms with Gasteiger partial charge in [-0.25, -0.2) is 4.99 Å². The lowest BCUT2D eigenvalue weighted by Gasteiger charge is -2.09. The monoisotopic (exact) mass is 445 g/mol. The van der Waals surface area contributed by atoms with Crippen LogP contribution in [0.15, 0.2) is 82.8 Å². The van der Waals surface area contributed by atoms with Crippen LogP contribution < -0.4 is 14.8 Å². The molecule has 32 heavy (non-hydrogen) atoms. The number of rotatable bonds is 6. The molecule has 0 saturated carbocycles. The van der Waals surface area contributed by atoms with Gasteiger partial charge < -0.3 is 14.8 Å². The van der Waals surface area contributed by atoms with E-state index in [4.69, 9.17) is 19.5 Å². The van der Waals surface area contributed by atoms with Gasteiger partial charge in [0, 0.05) is 12.1 Å². The fraction of sp³-hybridized carbons (Fsp3) is 0.160. The molecule has 0 radical (unpaired) electrons. The number of para-hydroxylation sites is 2. The average Bonchev–Trinajstić information content (AvgIpc) is 3.02. The number of aliphatic imine (C=N–C) groups is 2. The Hall–Kier alpha value is -3.58. The maximum atomic E-state index is 12.5. The SMILES string of the molecule is COc1ccc(NC(=O)CSC2=Nc3ccccc3N=C(c3ccc(OC)cc3)C2)cc1. The molecule has 3 aromatic carbocycles. The molecule has 1 amide bonds. The summed E-state index contributed by atoms with van der Waals surface area (Å²) < 4.78 is 10.4. The van der Waals surface area contributed by atoms with Gasteiger partial charge in [-0.15, -0.1) is 11.8 Å². The highest BCUT2D eigenvalue weighted by Crippen LogP contribution is 2.33. The molecule has 0 fully saturated rings. The van der Waals surface area contributed by atoms with Crippen molar-refractivity contribution in [2.24, 2.45) is 9.98 Å². The molecule has 0 atom stereocenters. The largest absolute Gasteiger partial charge is 0.497 e. The zero-order chi connectivity index (χ0) is 22.3. The second-order valence-corrected chi connectivity index (χ2v) is 8.07. The van der Waals surface area contributed by atoms with Gasteiger partial charge in [0.2, 0.25) is 5.91 Å². The molecule has 0 aliphatic carbocycles. The number of hydrogen-bond acceptors (Lipinski definition) is 6. The third-order valence-electron chi connectivity index (χ3n) is 4.87. The van der Waals surface area contributed by atoms with Crippen molar-refractivity contribution in [3.63, 3.8) is 0 Å². The Morgan fingerprint density at radius 2 is 1.47 bits per heavy atom. The fourth-order valence-electron chi connectivity index (χ4n) is 3.21. The number of fused-ring (bicyclic) bond motifs is 1. The van der Waals surface area contributed by atoms with Crippen LogP contribution in [0.4, 0.5) is 17.1 Å². The van der Waals surface area contributed by atoms with Gasteiger partial charge in [-0.3, -0.25) is 9.79 Å². The standard InChI is InChI=1S/C25H23N3O3S/c1-30-19-11-7-17(8-12-19)23-15-25(28-22-6-4-3-5-21(22)27-23)32-16-24(29)26-18-9-13-20(31-2)14-10-18/h3-14H,15-16H2,1-2H3,(H,26,29). The Balaban J connectivity index is 1.49. The fourth-order valence-corrected chi connectivity index (χ4v) is 3.98. The van der Waals surface area contributed by atoms with Crippen molar-refractivity contribution in [1.82, 2.24) is 0 Å². The van der Waals surface area contributed by atoms with Crippen LogP contribution in [-0.2, 0) is 4.79 Å². The van der Waals surface area contributed by atoms with Gasteiger partial charge >= 0.3 is 0 Å². The van der Waals surface area contributed by atoms with Gasteiger partial charge in [0.15, 0.2) is 0 Å². The highest BCUT2D eigenvalue weighted by Gasteiger charge is 2.17. The Kier molecular flexibility index (Phi) is 6.87. The molecule has 0 unspecified atom stereocenters. The summed E-state index contributed by atoms with van der Waals surface area (Å²) in [4.78, 5) is 22.2. The molecule has 0 spiro atoms. The van der Waals surface area contributed by atoms with Crippen molar-refractivity contribution in [2.75, 3.05) is 25.3 Å². The summed E-state index contributed by atoms with van der Waals surface area (Å²) >= 11 is 1.42. The van der Waals surface area contributed by atoms with E-state index in [0.717, 1.165) is 44.9 Å². The van der Waals surface area contributed by atoms with Gasteiger partial charge in [-0.2, -0.15) is 0 Å². The van der Waals surface area contributed by atoms with E-state index in [1.807, 2.05) is 72.8 Å². The van der Waals surface area contributed by atoms with Crippen LogP contribution in [0.25, 0.3) is 0 Å². The van der Waals surface area contributed by atoms with E-state index in [0.29, 0.717) is 6.42 Å². The molecule has 1 aliphatic rings. The summed E-state index contributed by atoms with van der Waals surface area (Å²) in [7, 11) is 3.26. The smallest absolute Gasteiger partial charge is 0.234 e. The summed E-state index contributed by atoms with van der Waals surface area (Å²) in [5.41, 5.74) is 4.24. The van der Waals surface area contributed by atoms with Crippen molar-refractivity contribution in [3.8, 4) is 11.5 Å². The molecule has 6 nitrogen and oxygen atoms in total. The molecule has 0 aromatic heterocycles. The Labute approximate surface area is 191 Å². The number of thioether (sulfide) groups is 1. The summed E-state index contributed by atoms with van der Waals surface area (Å²) in [6.45, 7) is 0. The number of ether oxygens (including phenoxy) is 2. The molecule has 4 rings (SSSR count). The number of nitrogens with one attached hydrogen (secondary N) is 1. The first-order valence-electron chi connectivity index (χ1n) is 10.1. The van der Waals surface area contributed by atoms with Crippen LogP contribution in [0.2, 0.25) is 0 Å². The van der Waals surface area contributed by atoms with E-state index in [1.165, 1.54) is 11.8 Å². The van der Waals surface area contributed by atoms with E-state index in [1.54, 1.807) is 14.2 Å². The van der Waals surface area contributed by atoms with E-state index >= 15 is 0 Å².